The number of halogens is 2. The minimum absolute atomic E-state index is 0.116. The number of aromatic nitrogens is 2. The highest BCUT2D eigenvalue weighted by Crippen LogP contribution is 2.32. The third-order valence-corrected chi connectivity index (χ3v) is 5.56. The number of rotatable bonds is 7. The number of imidazole rings is 1. The third-order valence-electron chi connectivity index (χ3n) is 4.90. The molecule has 1 heterocycles. The zero-order valence-electron chi connectivity index (χ0n) is 17.4. The van der Waals surface area contributed by atoms with Crippen molar-refractivity contribution in [1.82, 2.24) is 14.9 Å². The van der Waals surface area contributed by atoms with Crippen molar-refractivity contribution in [2.24, 2.45) is 7.05 Å². The quantitative estimate of drug-likeness (QED) is 0.526. The molecule has 0 bridgehead atoms. The molecular weight excluding hydrogens is 421 g/mol. The Balaban J connectivity index is 1.78. The number of ether oxygens (including phenoxy) is 1. The number of hydrogen-bond donors (Lipinski definition) is 1. The van der Waals surface area contributed by atoms with Gasteiger partial charge < -0.3 is 14.6 Å². The zero-order valence-corrected chi connectivity index (χ0v) is 19.0. The van der Waals surface area contributed by atoms with E-state index in [0.29, 0.717) is 15.8 Å². The van der Waals surface area contributed by atoms with E-state index >= 15 is 0 Å². The Bertz CT molecular complexity index is 1030. The molecule has 0 saturated heterocycles. The van der Waals surface area contributed by atoms with Crippen molar-refractivity contribution in [1.29, 1.82) is 0 Å². The second-order valence-electron chi connectivity index (χ2n) is 7.53. The first kappa shape index (κ1) is 22.2. The van der Waals surface area contributed by atoms with Crippen LogP contribution in [0.2, 0.25) is 10.0 Å². The topological polar surface area (TPSA) is 56.1 Å². The van der Waals surface area contributed by atoms with Crippen molar-refractivity contribution >= 4 is 29.1 Å². The first-order valence-electron chi connectivity index (χ1n) is 9.71. The molecule has 0 aliphatic carbocycles. The van der Waals surface area contributed by atoms with Gasteiger partial charge in [-0.15, -0.1) is 0 Å². The number of hydrogen-bond acceptors (Lipinski definition) is 3. The summed E-state index contributed by atoms with van der Waals surface area (Å²) < 4.78 is 7.76. The van der Waals surface area contributed by atoms with E-state index in [1.165, 1.54) is 0 Å². The highest BCUT2D eigenvalue weighted by Gasteiger charge is 2.21. The van der Waals surface area contributed by atoms with Crippen LogP contribution in [-0.2, 0) is 11.8 Å². The van der Waals surface area contributed by atoms with Crippen molar-refractivity contribution in [3.8, 4) is 5.75 Å². The lowest BCUT2D eigenvalue weighted by Crippen LogP contribution is -2.34. The van der Waals surface area contributed by atoms with Gasteiger partial charge in [0.2, 0.25) is 0 Å². The average molecular weight is 446 g/mol. The number of amides is 1. The fraction of sp³-hybridized carbons (Fsp3) is 0.304. The summed E-state index contributed by atoms with van der Waals surface area (Å²) in [4.78, 5) is 17.2. The monoisotopic (exact) mass is 445 g/mol. The molecule has 0 spiro atoms. The lowest BCUT2D eigenvalue weighted by atomic mass is 10.0. The van der Waals surface area contributed by atoms with E-state index in [2.05, 4.69) is 24.1 Å². The van der Waals surface area contributed by atoms with Gasteiger partial charge in [-0.3, -0.25) is 4.79 Å². The van der Waals surface area contributed by atoms with Crippen molar-refractivity contribution in [2.75, 3.05) is 6.61 Å². The summed E-state index contributed by atoms with van der Waals surface area (Å²) in [6.07, 6.45) is 3.54. The molecule has 0 aliphatic rings. The molecule has 0 fully saturated rings. The molecule has 158 valence electrons. The van der Waals surface area contributed by atoms with Gasteiger partial charge in [-0.2, -0.15) is 0 Å². The van der Waals surface area contributed by atoms with E-state index in [0.717, 1.165) is 22.5 Å². The standard InChI is InChI=1S/C23H25Cl2N3O2/c1-14(2)18-12-19(25)15(3)11-20(18)30-13-21(29)27-22(23-26-9-10-28(23)4)16-5-7-17(24)8-6-16/h5-12,14,22H,13H2,1-4H3,(H,27,29)/t22-/m1/s1. The van der Waals surface area contributed by atoms with Crippen LogP contribution in [0.25, 0.3) is 0 Å². The molecule has 0 unspecified atom stereocenters. The maximum absolute atomic E-state index is 12.8. The predicted octanol–water partition coefficient (Wildman–Crippen LogP) is 5.44. The number of carbonyl (C=O) groups excluding carboxylic acids is 1. The summed E-state index contributed by atoms with van der Waals surface area (Å²) in [5.41, 5.74) is 2.76. The molecule has 3 aromatic rings. The third kappa shape index (κ3) is 5.15. The van der Waals surface area contributed by atoms with Crippen LogP contribution in [-0.4, -0.2) is 22.1 Å². The number of benzene rings is 2. The molecule has 1 amide bonds. The Hall–Kier alpha value is -2.50. The van der Waals surface area contributed by atoms with Crippen LogP contribution in [0.3, 0.4) is 0 Å². The summed E-state index contributed by atoms with van der Waals surface area (Å²) in [5.74, 6) is 1.36. The lowest BCUT2D eigenvalue weighted by Gasteiger charge is -2.20. The summed E-state index contributed by atoms with van der Waals surface area (Å²) >= 11 is 12.3. The summed E-state index contributed by atoms with van der Waals surface area (Å²) in [6, 6.07) is 10.7. The van der Waals surface area contributed by atoms with Gasteiger partial charge in [0.05, 0.1) is 0 Å². The van der Waals surface area contributed by atoms with Crippen LogP contribution in [0, 0.1) is 6.92 Å². The van der Waals surface area contributed by atoms with Gasteiger partial charge in [0.15, 0.2) is 6.61 Å². The Morgan fingerprint density at radius 1 is 1.20 bits per heavy atom. The molecule has 0 saturated carbocycles. The predicted molar refractivity (Wildman–Crippen MR) is 120 cm³/mol. The van der Waals surface area contributed by atoms with Gasteiger partial charge in [-0.1, -0.05) is 49.2 Å². The maximum atomic E-state index is 12.8. The van der Waals surface area contributed by atoms with Gasteiger partial charge in [0.25, 0.3) is 5.91 Å². The molecule has 5 nitrogen and oxygen atoms in total. The SMILES string of the molecule is Cc1cc(OCC(=O)N[C@H](c2ccc(Cl)cc2)c2nccn2C)c(C(C)C)cc1Cl. The summed E-state index contributed by atoms with van der Waals surface area (Å²) in [5, 5.41) is 4.34. The van der Waals surface area contributed by atoms with E-state index in [9.17, 15) is 4.79 Å². The zero-order chi connectivity index (χ0) is 21.8. The fourth-order valence-corrected chi connectivity index (χ4v) is 3.50. The molecule has 1 atom stereocenters. The van der Waals surface area contributed by atoms with E-state index in [1.807, 2.05) is 49.0 Å². The smallest absolute Gasteiger partial charge is 0.258 e. The van der Waals surface area contributed by atoms with Crippen LogP contribution in [0.1, 0.15) is 48.3 Å². The Morgan fingerprint density at radius 3 is 2.50 bits per heavy atom. The van der Waals surface area contributed by atoms with E-state index in [1.54, 1.807) is 18.3 Å². The molecule has 1 N–H and O–H groups in total. The van der Waals surface area contributed by atoms with Crippen LogP contribution in [0.5, 0.6) is 5.75 Å². The van der Waals surface area contributed by atoms with Gasteiger partial charge in [0, 0.05) is 29.5 Å². The number of nitrogens with one attached hydrogen (secondary N) is 1. The van der Waals surface area contributed by atoms with Crippen molar-refractivity contribution in [3.05, 3.63) is 81.4 Å². The summed E-state index contributed by atoms with van der Waals surface area (Å²) in [6.45, 7) is 5.92. The molecular formula is C23H25Cl2N3O2. The van der Waals surface area contributed by atoms with E-state index in [-0.39, 0.29) is 18.4 Å². The minimum atomic E-state index is -0.421. The highest BCUT2D eigenvalue weighted by atomic mass is 35.5. The second-order valence-corrected chi connectivity index (χ2v) is 8.37. The van der Waals surface area contributed by atoms with Crippen LogP contribution >= 0.6 is 23.2 Å². The minimum Gasteiger partial charge on any atom is -0.483 e. The molecule has 2 aromatic carbocycles. The molecule has 1 aromatic heterocycles. The van der Waals surface area contributed by atoms with Crippen LogP contribution < -0.4 is 10.1 Å². The van der Waals surface area contributed by atoms with E-state index in [4.69, 9.17) is 27.9 Å². The molecule has 3 rings (SSSR count). The lowest BCUT2D eigenvalue weighted by molar-refractivity contribution is -0.123. The maximum Gasteiger partial charge on any atom is 0.258 e. The first-order valence-corrected chi connectivity index (χ1v) is 10.5. The highest BCUT2D eigenvalue weighted by molar-refractivity contribution is 6.31. The normalized spacial score (nSPS) is 12.1. The average Bonchev–Trinajstić information content (AvgIpc) is 3.13. The summed E-state index contributed by atoms with van der Waals surface area (Å²) in [7, 11) is 1.89. The van der Waals surface area contributed by atoms with Crippen LogP contribution in [0.15, 0.2) is 48.8 Å². The molecule has 0 radical (unpaired) electrons. The van der Waals surface area contributed by atoms with Crippen molar-refractivity contribution in [2.45, 2.75) is 32.7 Å². The molecule has 0 aliphatic heterocycles. The molecule has 30 heavy (non-hydrogen) atoms. The first-order chi connectivity index (χ1) is 14.3. The largest absolute Gasteiger partial charge is 0.483 e. The van der Waals surface area contributed by atoms with Crippen molar-refractivity contribution in [3.63, 3.8) is 0 Å². The van der Waals surface area contributed by atoms with Gasteiger partial charge in [-0.05, 0) is 53.8 Å². The molecule has 7 heteroatoms. The van der Waals surface area contributed by atoms with Crippen LogP contribution in [0.4, 0.5) is 0 Å². The number of aryl methyl sites for hydroxylation is 2. The fourth-order valence-electron chi connectivity index (χ4n) is 3.20. The van der Waals surface area contributed by atoms with Gasteiger partial charge >= 0.3 is 0 Å². The Morgan fingerprint density at radius 2 is 1.90 bits per heavy atom. The Kier molecular flexibility index (Phi) is 7.06. The number of carbonyl (C=O) groups is 1. The second kappa shape index (κ2) is 9.54. The van der Waals surface area contributed by atoms with Crippen molar-refractivity contribution < 1.29 is 9.53 Å². The van der Waals surface area contributed by atoms with Gasteiger partial charge in [-0.25, -0.2) is 4.98 Å². The number of nitrogens with zero attached hydrogens (tertiary/aromatic N) is 2. The van der Waals surface area contributed by atoms with Gasteiger partial charge in [0.1, 0.15) is 17.6 Å². The Labute approximate surface area is 187 Å². The van der Waals surface area contributed by atoms with E-state index < -0.39 is 6.04 Å².